The number of halogens is 2. The van der Waals surface area contributed by atoms with Gasteiger partial charge in [-0.15, -0.1) is 0 Å². The summed E-state index contributed by atoms with van der Waals surface area (Å²) in [4.78, 5) is 8.92. The molecule has 4 nitrogen and oxygen atoms in total. The van der Waals surface area contributed by atoms with E-state index < -0.39 is 17.3 Å². The van der Waals surface area contributed by atoms with E-state index in [1.807, 2.05) is 0 Å². The van der Waals surface area contributed by atoms with Crippen molar-refractivity contribution in [3.8, 4) is 0 Å². The molecule has 1 aromatic rings. The first kappa shape index (κ1) is 11.1. The Kier molecular flexibility index (Phi) is 3.54. The molecule has 0 aliphatic carbocycles. The van der Waals surface area contributed by atoms with E-state index in [4.69, 9.17) is 0 Å². The largest absolute Gasteiger partial charge is 0.379 e. The maximum absolute atomic E-state index is 12.8. The van der Waals surface area contributed by atoms with Gasteiger partial charge in [-0.05, 0) is 6.07 Å². The molecule has 6 heteroatoms. The molecule has 0 radical (unpaired) electrons. The molecule has 0 aliphatic heterocycles. The van der Waals surface area contributed by atoms with Gasteiger partial charge < -0.3 is 5.11 Å². The minimum Gasteiger partial charge on any atom is -0.379 e. The van der Waals surface area contributed by atoms with Crippen molar-refractivity contribution in [2.45, 2.75) is 12.4 Å². The first-order valence-corrected chi connectivity index (χ1v) is 4.53. The Labute approximate surface area is 87.6 Å². The zero-order valence-electron chi connectivity index (χ0n) is 6.93. The molecule has 14 heavy (non-hydrogen) atoms. The zero-order valence-corrected chi connectivity index (χ0v) is 8.52. The number of nitro groups is 1. The molecule has 2 atom stereocenters. The van der Waals surface area contributed by atoms with Gasteiger partial charge in [0.15, 0.2) is 6.10 Å². The van der Waals surface area contributed by atoms with Crippen LogP contribution in [0.4, 0.5) is 4.39 Å². The maximum atomic E-state index is 12.8. The van der Waals surface area contributed by atoms with Crippen LogP contribution in [0.5, 0.6) is 0 Å². The Morgan fingerprint density at radius 2 is 2.07 bits per heavy atom. The molecule has 0 aromatic heterocycles. The van der Waals surface area contributed by atoms with Gasteiger partial charge >= 0.3 is 6.30 Å². The molecular formula is C8H7BrFNO3. The Morgan fingerprint density at radius 3 is 2.57 bits per heavy atom. The lowest BCUT2D eigenvalue weighted by atomic mass is 10.1. The number of aliphatic hydroxyl groups is 1. The van der Waals surface area contributed by atoms with Gasteiger partial charge in [0.25, 0.3) is 0 Å². The van der Waals surface area contributed by atoms with Crippen molar-refractivity contribution in [3.05, 3.63) is 44.4 Å². The lowest BCUT2D eigenvalue weighted by Gasteiger charge is -2.10. The number of benzene rings is 1. The highest BCUT2D eigenvalue weighted by Gasteiger charge is 2.31. The second-order valence-corrected chi connectivity index (χ2v) is 3.48. The van der Waals surface area contributed by atoms with Crippen LogP contribution in [0.1, 0.15) is 11.7 Å². The van der Waals surface area contributed by atoms with Crippen molar-refractivity contribution in [2.24, 2.45) is 0 Å². The minimum absolute atomic E-state index is 0.164. The summed E-state index contributed by atoms with van der Waals surface area (Å²) < 4.78 is 13.3. The molecular weight excluding hydrogens is 257 g/mol. The predicted octanol–water partition coefficient (Wildman–Crippen LogP) is 2.05. The van der Waals surface area contributed by atoms with Crippen molar-refractivity contribution in [1.29, 1.82) is 0 Å². The normalized spacial score (nSPS) is 14.8. The highest BCUT2D eigenvalue weighted by atomic mass is 79.9. The summed E-state index contributed by atoms with van der Waals surface area (Å²) in [6.07, 6.45) is -4.26. The Morgan fingerprint density at radius 1 is 1.50 bits per heavy atom. The van der Waals surface area contributed by atoms with Crippen molar-refractivity contribution < 1.29 is 14.4 Å². The lowest BCUT2D eigenvalue weighted by molar-refractivity contribution is -0.567. The topological polar surface area (TPSA) is 63.4 Å². The number of hydrogen-bond acceptors (Lipinski definition) is 3. The van der Waals surface area contributed by atoms with Gasteiger partial charge in [0.2, 0.25) is 0 Å². The van der Waals surface area contributed by atoms with E-state index in [-0.39, 0.29) is 5.56 Å². The van der Waals surface area contributed by atoms with Crippen LogP contribution < -0.4 is 0 Å². The monoisotopic (exact) mass is 263 g/mol. The predicted molar refractivity (Wildman–Crippen MR) is 51.0 cm³/mol. The van der Waals surface area contributed by atoms with Gasteiger partial charge in [-0.3, -0.25) is 10.1 Å². The summed E-state index contributed by atoms with van der Waals surface area (Å²) in [5, 5.41) is 19.4. The Bertz CT molecular complexity index is 347. The maximum Gasteiger partial charge on any atom is 0.379 e. The summed E-state index contributed by atoms with van der Waals surface area (Å²) in [5.41, 5.74) is 0.164. The number of nitrogens with zero attached hydrogens (tertiary/aromatic N) is 1. The van der Waals surface area contributed by atoms with Crippen LogP contribution in [0, 0.1) is 10.1 Å². The quantitative estimate of drug-likeness (QED) is 0.516. The molecule has 0 saturated heterocycles. The second-order valence-electron chi connectivity index (χ2n) is 2.62. The van der Waals surface area contributed by atoms with Gasteiger partial charge in [0, 0.05) is 10.0 Å². The summed E-state index contributed by atoms with van der Waals surface area (Å²) in [6, 6.07) is 6.23. The molecule has 1 aromatic carbocycles. The molecule has 0 amide bonds. The third-order valence-corrected chi connectivity index (χ3v) is 2.41. The first-order chi connectivity index (χ1) is 6.54. The number of rotatable bonds is 3. The molecule has 0 aliphatic rings. The summed E-state index contributed by atoms with van der Waals surface area (Å²) in [5.74, 6) is 0. The average Bonchev–Trinajstić information content (AvgIpc) is 2.16. The third-order valence-electron chi connectivity index (χ3n) is 1.69. The fraction of sp³-hybridized carbons (Fsp3) is 0.250. The van der Waals surface area contributed by atoms with Gasteiger partial charge in [-0.2, -0.15) is 4.39 Å². The summed E-state index contributed by atoms with van der Waals surface area (Å²) >= 11 is 3.07. The third kappa shape index (κ3) is 2.27. The van der Waals surface area contributed by atoms with E-state index in [0.717, 1.165) is 0 Å². The van der Waals surface area contributed by atoms with Crippen molar-refractivity contribution in [1.82, 2.24) is 0 Å². The Hall–Kier alpha value is -1.01. The molecule has 0 bridgehead atoms. The molecule has 76 valence electrons. The van der Waals surface area contributed by atoms with Gasteiger partial charge in [0.1, 0.15) is 0 Å². The summed E-state index contributed by atoms with van der Waals surface area (Å²) in [6.45, 7) is 0. The number of hydrogen-bond donors (Lipinski definition) is 1. The van der Waals surface area contributed by atoms with Gasteiger partial charge in [-0.25, -0.2) is 0 Å². The molecule has 0 spiro atoms. The standard InChI is InChI=1S/C8H7BrFNO3/c9-6-4-2-1-3-5(6)7(12)8(10)11(13)14/h1-4,7-8,12H. The van der Waals surface area contributed by atoms with E-state index in [2.05, 4.69) is 15.9 Å². The SMILES string of the molecule is O=[N+]([O-])C(F)C(O)c1ccccc1Br. The van der Waals surface area contributed by atoms with Gasteiger partial charge in [0.05, 0.1) is 4.92 Å². The van der Waals surface area contributed by atoms with Crippen LogP contribution in [0.25, 0.3) is 0 Å². The van der Waals surface area contributed by atoms with Crippen LogP contribution in [0.3, 0.4) is 0 Å². The highest BCUT2D eigenvalue weighted by Crippen LogP contribution is 2.26. The molecule has 0 fully saturated rings. The number of aliphatic hydroxyl groups excluding tert-OH is 1. The van der Waals surface area contributed by atoms with Crippen molar-refractivity contribution >= 4 is 15.9 Å². The molecule has 1 rings (SSSR count). The van der Waals surface area contributed by atoms with Crippen LogP contribution >= 0.6 is 15.9 Å². The fourth-order valence-electron chi connectivity index (χ4n) is 0.978. The molecule has 0 saturated carbocycles. The van der Waals surface area contributed by atoms with Gasteiger partial charge in [-0.1, -0.05) is 34.1 Å². The molecule has 2 unspecified atom stereocenters. The molecule has 0 heterocycles. The van der Waals surface area contributed by atoms with E-state index >= 15 is 0 Å². The average molecular weight is 264 g/mol. The minimum atomic E-state index is -2.51. The number of alkyl halides is 1. The Balaban J connectivity index is 2.94. The fourth-order valence-corrected chi connectivity index (χ4v) is 1.50. The smallest absolute Gasteiger partial charge is 0.379 e. The highest BCUT2D eigenvalue weighted by molar-refractivity contribution is 9.10. The van der Waals surface area contributed by atoms with Crippen LogP contribution in [-0.4, -0.2) is 16.3 Å². The molecule has 1 N–H and O–H groups in total. The van der Waals surface area contributed by atoms with Crippen molar-refractivity contribution in [2.75, 3.05) is 0 Å². The van der Waals surface area contributed by atoms with E-state index in [1.165, 1.54) is 6.07 Å². The van der Waals surface area contributed by atoms with E-state index in [1.54, 1.807) is 18.2 Å². The van der Waals surface area contributed by atoms with Crippen LogP contribution in [-0.2, 0) is 0 Å². The first-order valence-electron chi connectivity index (χ1n) is 3.74. The summed E-state index contributed by atoms with van der Waals surface area (Å²) in [7, 11) is 0. The van der Waals surface area contributed by atoms with Crippen LogP contribution in [0.15, 0.2) is 28.7 Å². The zero-order chi connectivity index (χ0) is 10.7. The lowest BCUT2D eigenvalue weighted by Crippen LogP contribution is -2.22. The van der Waals surface area contributed by atoms with E-state index in [0.29, 0.717) is 4.47 Å². The second kappa shape index (κ2) is 4.47. The van der Waals surface area contributed by atoms with E-state index in [9.17, 15) is 19.6 Å². The van der Waals surface area contributed by atoms with Crippen molar-refractivity contribution in [3.63, 3.8) is 0 Å². The van der Waals surface area contributed by atoms with Crippen LogP contribution in [0.2, 0.25) is 0 Å².